The van der Waals surface area contributed by atoms with E-state index in [1.54, 1.807) is 0 Å². The molecule has 1 amide bonds. The highest BCUT2D eigenvalue weighted by molar-refractivity contribution is 5.67. The van der Waals surface area contributed by atoms with Gasteiger partial charge < -0.3 is 10.1 Å². The highest BCUT2D eigenvalue weighted by atomic mass is 16.5. The fourth-order valence-electron chi connectivity index (χ4n) is 0.431. The second kappa shape index (κ2) is 5.09. The van der Waals surface area contributed by atoms with Gasteiger partial charge in [0.25, 0.3) is 0 Å². The summed E-state index contributed by atoms with van der Waals surface area (Å²) in [6, 6.07) is 0. The van der Waals surface area contributed by atoms with E-state index in [0.717, 1.165) is 0 Å². The van der Waals surface area contributed by atoms with E-state index in [-0.39, 0.29) is 12.7 Å². The van der Waals surface area contributed by atoms with Crippen molar-refractivity contribution in [2.24, 2.45) is 5.92 Å². The molecule has 10 heavy (non-hydrogen) atoms. The van der Waals surface area contributed by atoms with Crippen molar-refractivity contribution in [3.8, 4) is 0 Å². The largest absolute Gasteiger partial charge is 0.450 e. The van der Waals surface area contributed by atoms with Crippen LogP contribution < -0.4 is 5.32 Å². The third kappa shape index (κ3) is 5.41. The first kappa shape index (κ1) is 9.27. The molecule has 0 saturated heterocycles. The highest BCUT2D eigenvalue weighted by Crippen LogP contribution is 1.87. The molecule has 0 fully saturated rings. The summed E-state index contributed by atoms with van der Waals surface area (Å²) < 4.78 is 4.53. The van der Waals surface area contributed by atoms with Gasteiger partial charge in [-0.15, -0.1) is 0 Å². The van der Waals surface area contributed by atoms with Gasteiger partial charge in [0.1, 0.15) is 0 Å². The summed E-state index contributed by atoms with van der Waals surface area (Å²) in [5.74, 6) is 0.456. The van der Waals surface area contributed by atoms with Crippen LogP contribution in [0.1, 0.15) is 13.8 Å². The molecule has 0 aromatic rings. The smallest absolute Gasteiger partial charge is 0.407 e. The lowest BCUT2D eigenvalue weighted by molar-refractivity contribution is 0.156. The van der Waals surface area contributed by atoms with E-state index in [0.29, 0.717) is 12.5 Å². The van der Waals surface area contributed by atoms with Gasteiger partial charge in [-0.05, 0) is 12.8 Å². The lowest BCUT2D eigenvalue weighted by Gasteiger charge is -2.06. The minimum atomic E-state index is -0.385. The van der Waals surface area contributed by atoms with Gasteiger partial charge in [-0.2, -0.15) is 0 Å². The third-order valence-electron chi connectivity index (χ3n) is 0.888. The van der Waals surface area contributed by atoms with Crippen LogP contribution in [-0.4, -0.2) is 19.2 Å². The zero-order valence-electron chi connectivity index (χ0n) is 6.52. The molecular weight excluding hydrogens is 130 g/mol. The molecule has 0 bridgehead atoms. The lowest BCUT2D eigenvalue weighted by atomic mass is 10.2. The first-order valence-corrected chi connectivity index (χ1v) is 3.36. The molecule has 59 valence electrons. The van der Waals surface area contributed by atoms with Gasteiger partial charge >= 0.3 is 6.09 Å². The number of nitrogens with one attached hydrogen (secondary N) is 1. The Morgan fingerprint density at radius 2 is 2.30 bits per heavy atom. The maximum atomic E-state index is 10.6. The summed E-state index contributed by atoms with van der Waals surface area (Å²) in [5, 5.41) is 2.58. The van der Waals surface area contributed by atoms with Crippen molar-refractivity contribution in [2.75, 3.05) is 13.2 Å². The molecule has 3 nitrogen and oxygen atoms in total. The van der Waals surface area contributed by atoms with Crippen LogP contribution in [0.2, 0.25) is 0 Å². The van der Waals surface area contributed by atoms with Crippen LogP contribution >= 0.6 is 0 Å². The molecule has 0 aliphatic heterocycles. The quantitative estimate of drug-likeness (QED) is 0.646. The molecule has 0 rings (SSSR count). The zero-order chi connectivity index (χ0) is 7.98. The van der Waals surface area contributed by atoms with Crippen LogP contribution in [0, 0.1) is 12.8 Å². The van der Waals surface area contributed by atoms with E-state index >= 15 is 0 Å². The predicted molar refractivity (Wildman–Crippen MR) is 39.5 cm³/mol. The molecule has 0 unspecified atom stereocenters. The number of alkyl carbamates (subject to hydrolysis) is 1. The van der Waals surface area contributed by atoms with Crippen molar-refractivity contribution in [1.29, 1.82) is 0 Å². The predicted octanol–water partition coefficient (Wildman–Crippen LogP) is 1.20. The maximum absolute atomic E-state index is 10.6. The Balaban J connectivity index is 3.22. The van der Waals surface area contributed by atoms with Crippen molar-refractivity contribution in [1.82, 2.24) is 5.32 Å². The van der Waals surface area contributed by atoms with Gasteiger partial charge in [0.2, 0.25) is 0 Å². The van der Waals surface area contributed by atoms with Gasteiger partial charge in [-0.1, -0.05) is 13.8 Å². The Bertz CT molecular complexity index is 102. The van der Waals surface area contributed by atoms with E-state index in [9.17, 15) is 4.79 Å². The van der Waals surface area contributed by atoms with E-state index in [2.05, 4.69) is 17.0 Å². The number of carbonyl (C=O) groups is 1. The molecule has 1 N–H and O–H groups in total. The van der Waals surface area contributed by atoms with Crippen molar-refractivity contribution in [3.05, 3.63) is 6.92 Å². The van der Waals surface area contributed by atoms with Crippen LogP contribution in [-0.2, 0) is 4.74 Å². The Labute approximate surface area is 61.8 Å². The summed E-state index contributed by atoms with van der Waals surface area (Å²) in [4.78, 5) is 10.6. The Morgan fingerprint density at radius 3 is 2.70 bits per heavy atom. The van der Waals surface area contributed by atoms with Crippen LogP contribution in [0.25, 0.3) is 0 Å². The third-order valence-corrected chi connectivity index (χ3v) is 0.888. The molecule has 0 spiro atoms. The highest BCUT2D eigenvalue weighted by Gasteiger charge is 1.99. The summed E-state index contributed by atoms with van der Waals surface area (Å²) in [6.45, 7) is 8.24. The van der Waals surface area contributed by atoms with Gasteiger partial charge in [0, 0.05) is 6.54 Å². The second-order valence-electron chi connectivity index (χ2n) is 2.41. The van der Waals surface area contributed by atoms with E-state index in [1.807, 2.05) is 13.8 Å². The molecule has 0 aromatic carbocycles. The average molecular weight is 144 g/mol. The first-order chi connectivity index (χ1) is 4.66. The van der Waals surface area contributed by atoms with Crippen LogP contribution in [0.5, 0.6) is 0 Å². The van der Waals surface area contributed by atoms with E-state index in [1.165, 1.54) is 0 Å². The molecule has 0 aromatic heterocycles. The monoisotopic (exact) mass is 144 g/mol. The molecule has 0 aliphatic carbocycles. The number of hydrogen-bond donors (Lipinski definition) is 1. The Morgan fingerprint density at radius 1 is 1.70 bits per heavy atom. The fourth-order valence-corrected chi connectivity index (χ4v) is 0.431. The van der Waals surface area contributed by atoms with Crippen molar-refractivity contribution >= 4 is 6.09 Å². The normalized spacial score (nSPS) is 9.60. The summed E-state index contributed by atoms with van der Waals surface area (Å²) in [7, 11) is 0. The molecule has 0 saturated carbocycles. The molecule has 0 atom stereocenters. The Kier molecular flexibility index (Phi) is 4.72. The number of amides is 1. The maximum Gasteiger partial charge on any atom is 0.407 e. The second-order valence-corrected chi connectivity index (χ2v) is 2.41. The Hall–Kier alpha value is -0.730. The molecule has 1 radical (unpaired) electrons. The molecule has 0 heterocycles. The summed E-state index contributed by atoms with van der Waals surface area (Å²) in [6.07, 6.45) is -0.385. The number of ether oxygens (including phenoxy) is 1. The van der Waals surface area contributed by atoms with Gasteiger partial charge in [-0.25, -0.2) is 4.79 Å². The van der Waals surface area contributed by atoms with Crippen molar-refractivity contribution < 1.29 is 9.53 Å². The SMILES string of the molecule is [CH2]COC(=O)NCC(C)C. The molecule has 3 heteroatoms. The van der Waals surface area contributed by atoms with Gasteiger partial charge in [0.05, 0.1) is 6.61 Å². The minimum Gasteiger partial charge on any atom is -0.450 e. The molecule has 0 aliphatic rings. The standard InChI is InChI=1S/C7H14NO2/c1-4-10-7(9)8-5-6(2)3/h6H,1,4-5H2,2-3H3,(H,8,9). The lowest BCUT2D eigenvalue weighted by Crippen LogP contribution is -2.27. The first-order valence-electron chi connectivity index (χ1n) is 3.36. The number of carbonyl (C=O) groups excluding carboxylic acids is 1. The van der Waals surface area contributed by atoms with Gasteiger partial charge in [-0.3, -0.25) is 0 Å². The summed E-state index contributed by atoms with van der Waals surface area (Å²) >= 11 is 0. The zero-order valence-corrected chi connectivity index (χ0v) is 6.52. The van der Waals surface area contributed by atoms with E-state index in [4.69, 9.17) is 0 Å². The molecular formula is C7H14NO2. The number of rotatable bonds is 3. The van der Waals surface area contributed by atoms with Crippen molar-refractivity contribution in [3.63, 3.8) is 0 Å². The van der Waals surface area contributed by atoms with Crippen LogP contribution in [0.4, 0.5) is 4.79 Å². The number of hydrogen-bond acceptors (Lipinski definition) is 2. The average Bonchev–Trinajstić information content (AvgIpc) is 1.85. The van der Waals surface area contributed by atoms with Crippen LogP contribution in [0.15, 0.2) is 0 Å². The topological polar surface area (TPSA) is 38.3 Å². The minimum absolute atomic E-state index is 0.184. The van der Waals surface area contributed by atoms with E-state index < -0.39 is 0 Å². The van der Waals surface area contributed by atoms with Crippen molar-refractivity contribution in [2.45, 2.75) is 13.8 Å². The van der Waals surface area contributed by atoms with Gasteiger partial charge in [0.15, 0.2) is 0 Å². The fraction of sp³-hybridized carbons (Fsp3) is 0.714. The van der Waals surface area contributed by atoms with Crippen LogP contribution in [0.3, 0.4) is 0 Å². The summed E-state index contributed by atoms with van der Waals surface area (Å²) in [5.41, 5.74) is 0.